The zero-order chi connectivity index (χ0) is 41.3. The van der Waals surface area contributed by atoms with Gasteiger partial charge >= 0.3 is 0 Å². The van der Waals surface area contributed by atoms with Crippen LogP contribution < -0.4 is 19.9 Å². The summed E-state index contributed by atoms with van der Waals surface area (Å²) in [7, 11) is 2.43. The SMILES string of the molecule is CN1CC23C4=Cc5cc6c7c8c(cc9c%10c%11c%12c%13c(cc%14c%15c(c%16c%17c2c5c7c%17c(c8%10)c%11c%16c%15%13)C3(C(=C4)C=%14)C1c1ccc(OCc2ccccc2)c(OCc2ccccc2)c1)CC=%12C9)C6. The first-order chi connectivity index (χ1) is 32.1. The van der Waals surface area contributed by atoms with Crippen molar-refractivity contribution in [3.05, 3.63) is 180 Å². The van der Waals surface area contributed by atoms with Gasteiger partial charge in [-0.2, -0.15) is 0 Å². The van der Waals surface area contributed by atoms with E-state index in [0.717, 1.165) is 48.4 Å². The molecule has 1 aliphatic heterocycles. The van der Waals surface area contributed by atoms with Crippen LogP contribution in [0.1, 0.15) is 61.7 Å². The van der Waals surface area contributed by atoms with Gasteiger partial charge in [0.15, 0.2) is 11.5 Å². The highest BCUT2D eigenvalue weighted by molar-refractivity contribution is 6.58. The Balaban J connectivity index is 0.954. The van der Waals surface area contributed by atoms with Crippen LogP contribution in [0.3, 0.4) is 0 Å². The molecular formula is C62H35NO2. The molecular weight excluding hydrogens is 791 g/mol. The average Bonchev–Trinajstić information content (AvgIpc) is 4.18. The van der Waals surface area contributed by atoms with Crippen LogP contribution >= 0.6 is 0 Å². The molecule has 3 heteroatoms. The minimum Gasteiger partial charge on any atom is -0.485 e. The Bertz CT molecular complexity index is 4590. The zero-order valence-corrected chi connectivity index (χ0v) is 35.6. The van der Waals surface area contributed by atoms with E-state index in [9.17, 15) is 0 Å². The minimum atomic E-state index is -0.336. The van der Waals surface area contributed by atoms with E-state index in [0.29, 0.717) is 13.2 Å². The number of hydrogen-bond donors (Lipinski definition) is 0. The first-order valence-electron chi connectivity index (χ1n) is 23.8. The maximum Gasteiger partial charge on any atom is 0.162 e. The molecule has 0 saturated carbocycles. The van der Waals surface area contributed by atoms with Gasteiger partial charge in [0.25, 0.3) is 0 Å². The lowest BCUT2D eigenvalue weighted by Gasteiger charge is -2.51. The van der Waals surface area contributed by atoms with Gasteiger partial charge in [-0.25, -0.2) is 0 Å². The molecule has 0 amide bonds. The third-order valence-corrected chi connectivity index (χ3v) is 18.9. The summed E-state index contributed by atoms with van der Waals surface area (Å²) in [6.07, 6.45) is 11.3. The Hall–Kier alpha value is -7.20. The minimum absolute atomic E-state index is 0.0565. The molecule has 1 saturated heterocycles. The number of benzene rings is 9. The normalized spacial score (nSPS) is 23.2. The van der Waals surface area contributed by atoms with Gasteiger partial charge in [0, 0.05) is 18.0 Å². The summed E-state index contributed by atoms with van der Waals surface area (Å²) in [5.74, 6) is 1.60. The Morgan fingerprint density at radius 3 is 1.94 bits per heavy atom. The van der Waals surface area contributed by atoms with Crippen LogP contribution in [0.4, 0.5) is 0 Å². The van der Waals surface area contributed by atoms with Crippen molar-refractivity contribution >= 4 is 104 Å². The molecule has 2 spiro atoms. The number of allylic oxidation sites excluding steroid dienone is 1. The van der Waals surface area contributed by atoms with Crippen molar-refractivity contribution in [3.8, 4) is 11.5 Å². The van der Waals surface area contributed by atoms with E-state index in [4.69, 9.17) is 9.47 Å². The highest BCUT2D eigenvalue weighted by atomic mass is 16.5. The lowest BCUT2D eigenvalue weighted by molar-refractivity contribution is 0.250. The third-order valence-electron chi connectivity index (χ3n) is 18.9. The smallest absolute Gasteiger partial charge is 0.162 e. The predicted octanol–water partition coefficient (Wildman–Crippen LogP) is 11.7. The number of nitrogens with zero attached hydrogens (tertiary/aromatic N) is 1. The Kier molecular flexibility index (Phi) is 4.60. The van der Waals surface area contributed by atoms with Gasteiger partial charge in [0.05, 0.1) is 5.41 Å². The van der Waals surface area contributed by atoms with Crippen molar-refractivity contribution in [2.24, 2.45) is 0 Å². The molecule has 1 fully saturated rings. The van der Waals surface area contributed by atoms with Gasteiger partial charge in [0.1, 0.15) is 13.2 Å². The topological polar surface area (TPSA) is 21.7 Å². The van der Waals surface area contributed by atoms with E-state index in [1.54, 1.807) is 130 Å². The largest absolute Gasteiger partial charge is 0.485 e. The van der Waals surface area contributed by atoms with Crippen molar-refractivity contribution in [1.29, 1.82) is 0 Å². The lowest BCUT2D eigenvalue weighted by atomic mass is 9.49. The molecule has 7 aliphatic carbocycles. The van der Waals surface area contributed by atoms with Crippen LogP contribution in [0.25, 0.3) is 104 Å². The predicted molar refractivity (Wildman–Crippen MR) is 263 cm³/mol. The van der Waals surface area contributed by atoms with Crippen LogP contribution in [-0.4, -0.2) is 18.5 Å². The molecule has 0 N–H and O–H groups in total. The molecule has 300 valence electrons. The molecule has 1 heterocycles. The molecule has 3 nitrogen and oxygen atoms in total. The molecule has 65 heavy (non-hydrogen) atoms. The van der Waals surface area contributed by atoms with E-state index in [2.05, 4.69) is 127 Å². The van der Waals surface area contributed by atoms with Crippen LogP contribution in [0, 0.1) is 0 Å². The number of hydrogen-bond acceptors (Lipinski definition) is 3. The second-order valence-electron chi connectivity index (χ2n) is 21.3. The lowest BCUT2D eigenvalue weighted by Crippen LogP contribution is -2.51. The number of likely N-dealkylation sites (tertiary alicyclic amines) is 1. The number of ether oxygens (including phenoxy) is 2. The fraction of sp³-hybridized carbons (Fsp3) is 0.161. The van der Waals surface area contributed by atoms with E-state index in [1.807, 2.05) is 0 Å². The highest BCUT2D eigenvalue weighted by Crippen LogP contribution is 2.78. The van der Waals surface area contributed by atoms with Crippen molar-refractivity contribution in [1.82, 2.24) is 4.90 Å². The van der Waals surface area contributed by atoms with Crippen molar-refractivity contribution in [2.75, 3.05) is 13.6 Å². The third kappa shape index (κ3) is 2.87. The summed E-state index contributed by atoms with van der Waals surface area (Å²) >= 11 is 0. The van der Waals surface area contributed by atoms with E-state index >= 15 is 0 Å². The van der Waals surface area contributed by atoms with E-state index in [1.165, 1.54) is 27.5 Å². The summed E-state index contributed by atoms with van der Waals surface area (Å²) in [6.45, 7) is 1.92. The molecule has 0 radical (unpaired) electrons. The van der Waals surface area contributed by atoms with Gasteiger partial charge in [-0.15, -0.1) is 0 Å². The van der Waals surface area contributed by atoms with E-state index in [-0.39, 0.29) is 16.9 Å². The van der Waals surface area contributed by atoms with Crippen molar-refractivity contribution in [2.45, 2.75) is 49.3 Å². The summed E-state index contributed by atoms with van der Waals surface area (Å²) < 4.78 is 13.6. The first kappa shape index (κ1) is 31.6. The fourth-order valence-corrected chi connectivity index (χ4v) is 17.4. The molecule has 0 bridgehead atoms. The summed E-state index contributed by atoms with van der Waals surface area (Å²) in [5.41, 5.74) is 18.7. The highest BCUT2D eigenvalue weighted by Gasteiger charge is 2.73. The molecule has 8 aliphatic rings. The fourth-order valence-electron chi connectivity index (χ4n) is 17.4. The molecule has 20 rings (SSSR count). The summed E-state index contributed by atoms with van der Waals surface area (Å²) in [6, 6.07) is 36.1. The maximum absolute atomic E-state index is 6.91. The molecule has 0 aromatic heterocycles. The first-order valence-corrected chi connectivity index (χ1v) is 23.8. The standard InChI is InChI=1S/C62H35NO2/c1-63-26-61-37-20-35-18-32-14-30-16-34-17-31-15-33-19-36-21-38(23-37)62(61,60(63)29-12-13-39(64-24-27-8-4-2-5-9-27)40(22-29)65-25-28-10-6-3-7-11-28)59-47(36)51-44(33)42(31)49-45(34)48-41(30)43(32)50-46(35)58(61)56-54(50)52(48)53(49)55(51)57(56)59/h2-13,16,18-23,60H,14-15,17,24-26H2,1H3. The Morgan fingerprint density at radius 2 is 1.14 bits per heavy atom. The van der Waals surface area contributed by atoms with Gasteiger partial charge < -0.3 is 9.47 Å². The van der Waals surface area contributed by atoms with Crippen molar-refractivity contribution in [3.63, 3.8) is 0 Å². The van der Waals surface area contributed by atoms with E-state index < -0.39 is 0 Å². The second kappa shape index (κ2) is 9.45. The van der Waals surface area contributed by atoms with Crippen LogP contribution in [-0.2, 0) is 43.3 Å². The van der Waals surface area contributed by atoms with Gasteiger partial charge in [-0.1, -0.05) is 109 Å². The van der Waals surface area contributed by atoms with Crippen LogP contribution in [0.2, 0.25) is 0 Å². The zero-order valence-electron chi connectivity index (χ0n) is 35.6. The summed E-state index contributed by atoms with van der Waals surface area (Å²) in [5, 5.41) is 28.5. The maximum atomic E-state index is 6.91. The second-order valence-corrected chi connectivity index (χ2v) is 21.3. The monoisotopic (exact) mass is 825 g/mol. The Morgan fingerprint density at radius 1 is 0.508 bits per heavy atom. The number of rotatable bonds is 7. The van der Waals surface area contributed by atoms with Gasteiger partial charge in [-0.3, -0.25) is 4.90 Å². The average molecular weight is 826 g/mol. The van der Waals surface area contributed by atoms with Gasteiger partial charge in [0.2, 0.25) is 0 Å². The Labute approximate surface area is 371 Å². The van der Waals surface area contributed by atoms with Crippen LogP contribution in [0.15, 0.2) is 114 Å². The molecule has 12 aromatic rings. The van der Waals surface area contributed by atoms with Crippen LogP contribution in [0.5, 0.6) is 11.5 Å². The molecule has 3 atom stereocenters. The molecule has 12 aromatic carbocycles. The quantitative estimate of drug-likeness (QED) is 0.149. The van der Waals surface area contributed by atoms with Gasteiger partial charge in [-0.05, 0) is 202 Å². The summed E-state index contributed by atoms with van der Waals surface area (Å²) in [4.78, 5) is 2.76. The number of likely N-dealkylation sites (N-methyl/N-ethyl adjacent to an activating group) is 1. The van der Waals surface area contributed by atoms with Crippen molar-refractivity contribution < 1.29 is 9.47 Å². The molecule has 3 unspecified atom stereocenters.